The molecule has 4 aromatic rings. The Kier molecular flexibility index (Phi) is 6.93. The minimum atomic E-state index is -0.290. The maximum absolute atomic E-state index is 13.3. The lowest BCUT2D eigenvalue weighted by Gasteiger charge is -2.11. The van der Waals surface area contributed by atoms with E-state index in [4.69, 9.17) is 4.74 Å². The molecule has 0 saturated heterocycles. The summed E-state index contributed by atoms with van der Waals surface area (Å²) in [5, 5.41) is 8.22. The number of amides is 1. The Morgan fingerprint density at radius 1 is 1.15 bits per heavy atom. The number of rotatable bonds is 8. The van der Waals surface area contributed by atoms with Gasteiger partial charge in [-0.2, -0.15) is 5.10 Å². The van der Waals surface area contributed by atoms with Crippen LogP contribution in [0.3, 0.4) is 0 Å². The lowest BCUT2D eigenvalue weighted by atomic mass is 10.1. The summed E-state index contributed by atoms with van der Waals surface area (Å²) in [7, 11) is 0. The molecule has 0 saturated carbocycles. The van der Waals surface area contributed by atoms with Gasteiger partial charge in [-0.15, -0.1) is 0 Å². The average molecular weight is 465 g/mol. The van der Waals surface area contributed by atoms with Gasteiger partial charge in [0.1, 0.15) is 16.6 Å². The van der Waals surface area contributed by atoms with Gasteiger partial charge in [0.15, 0.2) is 5.65 Å². The summed E-state index contributed by atoms with van der Waals surface area (Å²) in [6.45, 7) is 6.31. The average Bonchev–Trinajstić information content (AvgIpc) is 3.21. The minimum Gasteiger partial charge on any atom is -0.491 e. The predicted molar refractivity (Wildman–Crippen MR) is 128 cm³/mol. The summed E-state index contributed by atoms with van der Waals surface area (Å²) < 4.78 is 20.7. The first-order valence-electron chi connectivity index (χ1n) is 10.7. The molecule has 0 fully saturated rings. The Morgan fingerprint density at radius 3 is 2.58 bits per heavy atom. The van der Waals surface area contributed by atoms with Crippen LogP contribution in [0.4, 0.5) is 4.39 Å². The second-order valence-corrected chi connectivity index (χ2v) is 8.91. The number of nitrogens with zero attached hydrogens (tertiary/aromatic N) is 3. The molecule has 6 nitrogen and oxygen atoms in total. The number of aryl methyl sites for hydroxylation is 1. The molecule has 33 heavy (non-hydrogen) atoms. The maximum atomic E-state index is 13.3. The predicted octanol–water partition coefficient (Wildman–Crippen LogP) is 5.04. The number of fused-ring (bicyclic) bond motifs is 1. The van der Waals surface area contributed by atoms with E-state index in [1.807, 2.05) is 51.1 Å². The molecular formula is C25H25FN4O2S. The molecule has 0 aliphatic heterocycles. The zero-order valence-electron chi connectivity index (χ0n) is 18.7. The number of nitrogens with one attached hydrogen (secondary N) is 1. The van der Waals surface area contributed by atoms with Gasteiger partial charge in [0.2, 0.25) is 5.91 Å². The van der Waals surface area contributed by atoms with E-state index in [0.717, 1.165) is 33.2 Å². The van der Waals surface area contributed by atoms with Crippen LogP contribution in [0.2, 0.25) is 0 Å². The molecule has 8 heteroatoms. The molecule has 1 amide bonds. The first-order chi connectivity index (χ1) is 15.9. The van der Waals surface area contributed by atoms with Crippen LogP contribution in [0.15, 0.2) is 65.8 Å². The zero-order valence-corrected chi connectivity index (χ0v) is 19.5. The highest BCUT2D eigenvalue weighted by molar-refractivity contribution is 7.99. The summed E-state index contributed by atoms with van der Waals surface area (Å²) in [6, 6.07) is 15.9. The van der Waals surface area contributed by atoms with E-state index < -0.39 is 0 Å². The van der Waals surface area contributed by atoms with Crippen LogP contribution in [0.5, 0.6) is 5.75 Å². The van der Waals surface area contributed by atoms with Gasteiger partial charge < -0.3 is 10.1 Å². The number of carbonyl (C=O) groups is 1. The molecule has 2 aromatic heterocycles. The summed E-state index contributed by atoms with van der Waals surface area (Å²) in [4.78, 5) is 17.0. The van der Waals surface area contributed by atoms with Gasteiger partial charge in [-0.1, -0.05) is 36.0 Å². The van der Waals surface area contributed by atoms with Crippen molar-refractivity contribution < 1.29 is 13.9 Å². The van der Waals surface area contributed by atoms with Crippen LogP contribution in [0.25, 0.3) is 16.8 Å². The van der Waals surface area contributed by atoms with E-state index in [2.05, 4.69) is 15.4 Å². The van der Waals surface area contributed by atoms with E-state index in [9.17, 15) is 9.18 Å². The van der Waals surface area contributed by atoms with Gasteiger partial charge in [0, 0.05) is 17.8 Å². The Bertz CT molecular complexity index is 1250. The lowest BCUT2D eigenvalue weighted by molar-refractivity contribution is -0.118. The molecule has 2 aromatic carbocycles. The Morgan fingerprint density at radius 2 is 1.88 bits per heavy atom. The molecule has 4 rings (SSSR count). The van der Waals surface area contributed by atoms with Crippen LogP contribution in [-0.2, 0) is 11.3 Å². The molecule has 0 aliphatic carbocycles. The van der Waals surface area contributed by atoms with Crippen LogP contribution in [-0.4, -0.2) is 32.4 Å². The second-order valence-electron chi connectivity index (χ2n) is 7.91. The highest BCUT2D eigenvalue weighted by atomic mass is 32.2. The Balaban J connectivity index is 1.40. The van der Waals surface area contributed by atoms with Crippen molar-refractivity contribution in [2.75, 3.05) is 5.75 Å². The summed E-state index contributed by atoms with van der Waals surface area (Å²) in [6.07, 6.45) is 1.84. The molecular weight excluding hydrogens is 439 g/mol. The maximum Gasteiger partial charge on any atom is 0.230 e. The third-order valence-corrected chi connectivity index (χ3v) is 5.85. The van der Waals surface area contributed by atoms with Gasteiger partial charge >= 0.3 is 0 Å². The number of benzene rings is 2. The third-order valence-electron chi connectivity index (χ3n) is 4.86. The van der Waals surface area contributed by atoms with Gasteiger partial charge in [-0.05, 0) is 62.2 Å². The van der Waals surface area contributed by atoms with E-state index in [-0.39, 0.29) is 23.6 Å². The molecule has 0 radical (unpaired) electrons. The zero-order chi connectivity index (χ0) is 23.4. The fourth-order valence-electron chi connectivity index (χ4n) is 3.34. The first-order valence-corrected chi connectivity index (χ1v) is 11.6. The van der Waals surface area contributed by atoms with Crippen molar-refractivity contribution in [3.05, 3.63) is 77.9 Å². The second kappa shape index (κ2) is 10.0. The summed E-state index contributed by atoms with van der Waals surface area (Å²) in [5.74, 6) is 0.697. The van der Waals surface area contributed by atoms with Crippen molar-refractivity contribution in [1.29, 1.82) is 0 Å². The topological polar surface area (TPSA) is 68.5 Å². The standard InChI is InChI=1S/C25H25FN4O2S/c1-16(2)32-21-10-4-18(5-11-21)13-27-23(31)15-33-24-12-17(3)29-25-22(14-28-30(24)25)19-6-8-20(26)9-7-19/h4-12,14,16H,13,15H2,1-3H3,(H,27,31). The third kappa shape index (κ3) is 5.70. The first kappa shape index (κ1) is 22.8. The Labute approximate surface area is 196 Å². The number of aromatic nitrogens is 3. The van der Waals surface area contributed by atoms with E-state index >= 15 is 0 Å². The summed E-state index contributed by atoms with van der Waals surface area (Å²) >= 11 is 1.40. The summed E-state index contributed by atoms with van der Waals surface area (Å²) in [5.41, 5.74) is 4.15. The fourth-order valence-corrected chi connectivity index (χ4v) is 4.23. The van der Waals surface area contributed by atoms with Crippen molar-refractivity contribution in [3.8, 4) is 16.9 Å². The number of carbonyl (C=O) groups excluding carboxylic acids is 1. The number of hydrogen-bond donors (Lipinski definition) is 1. The fraction of sp³-hybridized carbons (Fsp3) is 0.240. The van der Waals surface area contributed by atoms with E-state index in [1.54, 1.807) is 22.8 Å². The normalized spacial score (nSPS) is 11.2. The van der Waals surface area contributed by atoms with Crippen LogP contribution in [0.1, 0.15) is 25.1 Å². The van der Waals surface area contributed by atoms with E-state index in [1.165, 1.54) is 23.9 Å². The molecule has 0 unspecified atom stereocenters. The lowest BCUT2D eigenvalue weighted by Crippen LogP contribution is -2.24. The molecule has 1 N–H and O–H groups in total. The quantitative estimate of drug-likeness (QED) is 0.292. The SMILES string of the molecule is Cc1cc(SCC(=O)NCc2ccc(OC(C)C)cc2)n2ncc(-c3ccc(F)cc3)c2n1. The smallest absolute Gasteiger partial charge is 0.230 e. The monoisotopic (exact) mass is 464 g/mol. The highest BCUT2D eigenvalue weighted by Crippen LogP contribution is 2.27. The number of thioether (sulfide) groups is 1. The molecule has 2 heterocycles. The van der Waals surface area contributed by atoms with Gasteiger partial charge in [0.25, 0.3) is 0 Å². The molecule has 0 aliphatic rings. The number of hydrogen-bond acceptors (Lipinski definition) is 5. The van der Waals surface area contributed by atoms with Crippen LogP contribution in [0, 0.1) is 12.7 Å². The van der Waals surface area contributed by atoms with Gasteiger partial charge in [-0.25, -0.2) is 13.9 Å². The Hall–Kier alpha value is -3.39. The molecule has 0 atom stereocenters. The van der Waals surface area contributed by atoms with Crippen LogP contribution >= 0.6 is 11.8 Å². The van der Waals surface area contributed by atoms with Gasteiger partial charge in [0.05, 0.1) is 18.1 Å². The molecule has 170 valence electrons. The van der Waals surface area contributed by atoms with Crippen molar-refractivity contribution in [2.24, 2.45) is 0 Å². The molecule has 0 bridgehead atoms. The number of ether oxygens (including phenoxy) is 1. The minimum absolute atomic E-state index is 0.0731. The van der Waals surface area contributed by atoms with Crippen molar-refractivity contribution >= 4 is 23.3 Å². The van der Waals surface area contributed by atoms with Crippen molar-refractivity contribution in [2.45, 2.75) is 38.4 Å². The van der Waals surface area contributed by atoms with Crippen LogP contribution < -0.4 is 10.1 Å². The molecule has 0 spiro atoms. The highest BCUT2D eigenvalue weighted by Gasteiger charge is 2.14. The van der Waals surface area contributed by atoms with Crippen molar-refractivity contribution in [3.63, 3.8) is 0 Å². The number of halogens is 1. The largest absolute Gasteiger partial charge is 0.491 e. The van der Waals surface area contributed by atoms with Crippen molar-refractivity contribution in [1.82, 2.24) is 19.9 Å². The van der Waals surface area contributed by atoms with E-state index in [0.29, 0.717) is 12.2 Å². The van der Waals surface area contributed by atoms with Gasteiger partial charge in [-0.3, -0.25) is 4.79 Å².